The van der Waals surface area contributed by atoms with Crippen molar-refractivity contribution >= 4 is 11.8 Å². The van der Waals surface area contributed by atoms with Crippen LogP contribution in [0, 0.1) is 5.82 Å². The third kappa shape index (κ3) is 1.62. The number of rotatable bonds is 2. The van der Waals surface area contributed by atoms with Crippen LogP contribution in [0.15, 0.2) is 30.5 Å². The second kappa shape index (κ2) is 3.83. The molecule has 3 rings (SSSR count). The normalized spacial score (nSPS) is 17.3. The van der Waals surface area contributed by atoms with E-state index in [0.29, 0.717) is 12.4 Å². The van der Waals surface area contributed by atoms with Gasteiger partial charge in [0, 0.05) is 0 Å². The minimum Gasteiger partial charge on any atom is -0.477 e. The van der Waals surface area contributed by atoms with Crippen molar-refractivity contribution in [2.45, 2.75) is 12.6 Å². The van der Waals surface area contributed by atoms with Gasteiger partial charge in [0.2, 0.25) is 0 Å². The van der Waals surface area contributed by atoms with Crippen LogP contribution in [0.5, 0.6) is 0 Å². The van der Waals surface area contributed by atoms with E-state index in [1.807, 2.05) is 0 Å². The Hall–Kier alpha value is -2.37. The summed E-state index contributed by atoms with van der Waals surface area (Å²) >= 11 is 0. The average Bonchev–Trinajstić information content (AvgIpc) is 2.88. The van der Waals surface area contributed by atoms with E-state index in [1.54, 1.807) is 16.8 Å². The Kier molecular flexibility index (Phi) is 2.29. The Morgan fingerprint density at radius 2 is 2.17 bits per heavy atom. The number of carboxylic acid groups (broad SMARTS) is 1. The highest BCUT2D eigenvalue weighted by Gasteiger charge is 2.27. The fourth-order valence-corrected chi connectivity index (χ4v) is 2.10. The second-order valence-electron chi connectivity index (χ2n) is 4.14. The van der Waals surface area contributed by atoms with Crippen LogP contribution in [0.3, 0.4) is 0 Å². The summed E-state index contributed by atoms with van der Waals surface area (Å²) in [5.41, 5.74) is 1.05. The number of benzene rings is 1. The molecule has 2 aromatic rings. The predicted molar refractivity (Wildman–Crippen MR) is 62.0 cm³/mol. The summed E-state index contributed by atoms with van der Waals surface area (Å²) in [6.07, 6.45) is 1.32. The van der Waals surface area contributed by atoms with Gasteiger partial charge in [0.25, 0.3) is 0 Å². The maximum Gasteiger partial charge on any atom is 0.341 e. The number of hydrogen-bond donors (Lipinski definition) is 2. The van der Waals surface area contributed by atoms with E-state index in [2.05, 4.69) is 10.4 Å². The molecular formula is C12H10FN3O2. The maximum absolute atomic E-state index is 12.8. The van der Waals surface area contributed by atoms with Gasteiger partial charge in [-0.1, -0.05) is 12.1 Å². The van der Waals surface area contributed by atoms with Gasteiger partial charge in [0.15, 0.2) is 0 Å². The molecule has 92 valence electrons. The van der Waals surface area contributed by atoms with Crippen molar-refractivity contribution in [3.63, 3.8) is 0 Å². The lowest BCUT2D eigenvalue weighted by molar-refractivity contribution is 0.0698. The van der Waals surface area contributed by atoms with Crippen molar-refractivity contribution in [2.75, 3.05) is 5.32 Å². The fraction of sp³-hybridized carbons (Fsp3) is 0.167. The summed E-state index contributed by atoms with van der Waals surface area (Å²) in [5, 5.41) is 16.1. The third-order valence-electron chi connectivity index (χ3n) is 3.01. The molecule has 0 saturated heterocycles. The highest BCUT2D eigenvalue weighted by molar-refractivity contribution is 5.93. The van der Waals surface area contributed by atoms with Gasteiger partial charge in [-0.15, -0.1) is 0 Å². The van der Waals surface area contributed by atoms with E-state index in [-0.39, 0.29) is 17.4 Å². The Bertz CT molecular complexity index is 606. The molecule has 2 heterocycles. The summed E-state index contributed by atoms with van der Waals surface area (Å²) in [7, 11) is 0. The second-order valence-corrected chi connectivity index (χ2v) is 4.14. The molecular weight excluding hydrogens is 237 g/mol. The summed E-state index contributed by atoms with van der Waals surface area (Å²) in [5.74, 6) is -0.805. The van der Waals surface area contributed by atoms with Crippen molar-refractivity contribution < 1.29 is 14.3 Å². The fourth-order valence-electron chi connectivity index (χ4n) is 2.10. The number of halogens is 1. The molecule has 1 atom stereocenters. The van der Waals surface area contributed by atoms with Gasteiger partial charge in [-0.25, -0.2) is 13.9 Å². The molecule has 1 aromatic carbocycles. The standard InChI is InChI=1S/C12H10FN3O2/c13-8-3-1-7(2-4-8)10-6-16-11(15-10)9(5-14-16)12(17)18/h1-5,10,15H,6H2,(H,17,18). The van der Waals surface area contributed by atoms with E-state index < -0.39 is 5.97 Å². The van der Waals surface area contributed by atoms with Gasteiger partial charge in [0.1, 0.15) is 17.2 Å². The van der Waals surface area contributed by atoms with Crippen molar-refractivity contribution in [1.29, 1.82) is 0 Å². The van der Waals surface area contributed by atoms with Crippen molar-refractivity contribution in [3.8, 4) is 0 Å². The van der Waals surface area contributed by atoms with E-state index in [0.717, 1.165) is 5.56 Å². The van der Waals surface area contributed by atoms with E-state index in [1.165, 1.54) is 18.3 Å². The zero-order valence-electron chi connectivity index (χ0n) is 9.30. The molecule has 1 aliphatic rings. The summed E-state index contributed by atoms with van der Waals surface area (Å²) in [4.78, 5) is 11.0. The quantitative estimate of drug-likeness (QED) is 0.850. The molecule has 0 amide bonds. The number of nitrogens with one attached hydrogen (secondary N) is 1. The van der Waals surface area contributed by atoms with Gasteiger partial charge in [-0.3, -0.25) is 0 Å². The number of carbonyl (C=O) groups is 1. The van der Waals surface area contributed by atoms with Crippen LogP contribution >= 0.6 is 0 Å². The molecule has 1 aromatic heterocycles. The summed E-state index contributed by atoms with van der Waals surface area (Å²) in [6, 6.07) is 6.05. The first kappa shape index (κ1) is 10.8. The van der Waals surface area contributed by atoms with Gasteiger partial charge in [-0.05, 0) is 17.7 Å². The summed E-state index contributed by atoms with van der Waals surface area (Å²) in [6.45, 7) is 0.536. The third-order valence-corrected chi connectivity index (χ3v) is 3.01. The number of anilines is 1. The van der Waals surface area contributed by atoms with Crippen LogP contribution in [-0.4, -0.2) is 20.9 Å². The van der Waals surface area contributed by atoms with E-state index in [4.69, 9.17) is 5.11 Å². The zero-order chi connectivity index (χ0) is 12.7. The number of aromatic carboxylic acids is 1. The monoisotopic (exact) mass is 247 g/mol. The zero-order valence-corrected chi connectivity index (χ0v) is 9.30. The molecule has 0 spiro atoms. The topological polar surface area (TPSA) is 67.1 Å². The minimum atomic E-state index is -1.01. The number of aromatic nitrogens is 2. The SMILES string of the molecule is O=C(O)c1cnn2c1NC(c1ccc(F)cc1)C2. The number of hydrogen-bond acceptors (Lipinski definition) is 3. The lowest BCUT2D eigenvalue weighted by Gasteiger charge is -2.10. The molecule has 1 aliphatic heterocycles. The maximum atomic E-state index is 12.8. The number of fused-ring (bicyclic) bond motifs is 1. The van der Waals surface area contributed by atoms with Crippen LogP contribution in [0.4, 0.5) is 10.2 Å². The highest BCUT2D eigenvalue weighted by atomic mass is 19.1. The molecule has 18 heavy (non-hydrogen) atoms. The number of carboxylic acids is 1. The molecule has 0 aliphatic carbocycles. The van der Waals surface area contributed by atoms with Gasteiger partial charge >= 0.3 is 5.97 Å². The summed E-state index contributed by atoms with van der Waals surface area (Å²) < 4.78 is 14.4. The molecule has 0 bridgehead atoms. The molecule has 1 unspecified atom stereocenters. The first-order chi connectivity index (χ1) is 8.65. The molecule has 0 fully saturated rings. The molecule has 0 radical (unpaired) electrons. The average molecular weight is 247 g/mol. The molecule has 0 saturated carbocycles. The van der Waals surface area contributed by atoms with Gasteiger partial charge in [-0.2, -0.15) is 5.10 Å². The Morgan fingerprint density at radius 1 is 1.44 bits per heavy atom. The molecule has 2 N–H and O–H groups in total. The predicted octanol–water partition coefficient (Wildman–Crippen LogP) is 1.89. The van der Waals surface area contributed by atoms with Crippen LogP contribution < -0.4 is 5.32 Å². The lowest BCUT2D eigenvalue weighted by Crippen LogP contribution is -2.08. The Morgan fingerprint density at radius 3 is 2.83 bits per heavy atom. The van der Waals surface area contributed by atoms with Gasteiger partial charge < -0.3 is 10.4 Å². The smallest absolute Gasteiger partial charge is 0.341 e. The van der Waals surface area contributed by atoms with Crippen molar-refractivity contribution in [3.05, 3.63) is 47.4 Å². The van der Waals surface area contributed by atoms with E-state index in [9.17, 15) is 9.18 Å². The van der Waals surface area contributed by atoms with Crippen LogP contribution in [0.1, 0.15) is 22.0 Å². The molecule has 6 heteroatoms. The Balaban J connectivity index is 1.89. The lowest BCUT2D eigenvalue weighted by atomic mass is 10.1. The van der Waals surface area contributed by atoms with Crippen LogP contribution in [0.2, 0.25) is 0 Å². The largest absolute Gasteiger partial charge is 0.477 e. The molecule has 5 nitrogen and oxygen atoms in total. The van der Waals surface area contributed by atoms with Crippen LogP contribution in [0.25, 0.3) is 0 Å². The van der Waals surface area contributed by atoms with Gasteiger partial charge in [0.05, 0.1) is 18.8 Å². The Labute approximate surface area is 102 Å². The first-order valence-electron chi connectivity index (χ1n) is 5.46. The first-order valence-corrected chi connectivity index (χ1v) is 5.46. The van der Waals surface area contributed by atoms with E-state index >= 15 is 0 Å². The number of nitrogens with zero attached hydrogens (tertiary/aromatic N) is 2. The van der Waals surface area contributed by atoms with Crippen molar-refractivity contribution in [1.82, 2.24) is 9.78 Å². The minimum absolute atomic E-state index is 0.0765. The van der Waals surface area contributed by atoms with Crippen LogP contribution in [-0.2, 0) is 6.54 Å². The highest BCUT2D eigenvalue weighted by Crippen LogP contribution is 2.31. The van der Waals surface area contributed by atoms with Crippen molar-refractivity contribution in [2.24, 2.45) is 0 Å².